The van der Waals surface area contributed by atoms with Gasteiger partial charge in [0, 0.05) is 27.1 Å². The molecule has 2 aromatic rings. The number of hydrogen-bond donors (Lipinski definition) is 0. The van der Waals surface area contributed by atoms with Gasteiger partial charge in [-0.2, -0.15) is 0 Å². The zero-order valence-electron chi connectivity index (χ0n) is 16.0. The maximum Gasteiger partial charge on any atom is 0.265 e. The Morgan fingerprint density at radius 2 is 1.96 bits per heavy atom. The summed E-state index contributed by atoms with van der Waals surface area (Å²) in [5.74, 6) is 1.92. The van der Waals surface area contributed by atoms with Crippen LogP contribution in [0, 0.1) is 0 Å². The van der Waals surface area contributed by atoms with E-state index in [0.29, 0.717) is 48.6 Å². The number of nitrogens with zero attached hydrogens (tertiary/aromatic N) is 2. The Kier molecular flexibility index (Phi) is 5.22. The van der Waals surface area contributed by atoms with Crippen LogP contribution in [0.5, 0.6) is 17.2 Å². The van der Waals surface area contributed by atoms with E-state index in [9.17, 15) is 4.79 Å². The molecule has 4 rings (SSSR count). The number of hydrogen-bond acceptors (Lipinski definition) is 5. The third kappa shape index (κ3) is 3.69. The molecule has 148 valence electrons. The zero-order valence-corrected chi connectivity index (χ0v) is 16.7. The fraction of sp³-hybridized carbons (Fsp3) is 0.381. The molecule has 0 fully saturated rings. The molecule has 0 aliphatic carbocycles. The summed E-state index contributed by atoms with van der Waals surface area (Å²) in [5, 5.41) is 0.539. The fourth-order valence-corrected chi connectivity index (χ4v) is 3.76. The Morgan fingerprint density at radius 1 is 1.18 bits per heavy atom. The highest BCUT2D eigenvalue weighted by molar-refractivity contribution is 6.32. The van der Waals surface area contributed by atoms with E-state index in [1.54, 1.807) is 19.0 Å². The third-order valence-corrected chi connectivity index (χ3v) is 5.09. The van der Waals surface area contributed by atoms with Crippen molar-refractivity contribution in [3.63, 3.8) is 0 Å². The molecule has 1 atom stereocenters. The molecule has 6 nitrogen and oxygen atoms in total. The second kappa shape index (κ2) is 7.80. The first-order chi connectivity index (χ1) is 13.5. The minimum Gasteiger partial charge on any atom is -0.489 e. The monoisotopic (exact) mass is 402 g/mol. The van der Waals surface area contributed by atoms with Crippen molar-refractivity contribution in [2.75, 3.05) is 38.8 Å². The molecule has 0 saturated heterocycles. The second-order valence-electron chi connectivity index (χ2n) is 7.14. The maximum absolute atomic E-state index is 12.5. The molecule has 0 N–H and O–H groups in total. The highest BCUT2D eigenvalue weighted by Gasteiger charge is 2.32. The first-order valence-corrected chi connectivity index (χ1v) is 9.70. The first kappa shape index (κ1) is 18.7. The second-order valence-corrected chi connectivity index (χ2v) is 7.55. The van der Waals surface area contributed by atoms with E-state index in [1.807, 2.05) is 36.4 Å². The van der Waals surface area contributed by atoms with Gasteiger partial charge in [0.05, 0.1) is 30.5 Å². The van der Waals surface area contributed by atoms with Gasteiger partial charge in [-0.1, -0.05) is 23.7 Å². The maximum atomic E-state index is 12.5. The minimum atomic E-state index is -0.555. The molecule has 2 heterocycles. The lowest BCUT2D eigenvalue weighted by atomic mass is 10.1. The number of benzene rings is 2. The van der Waals surface area contributed by atoms with E-state index in [2.05, 4.69) is 4.90 Å². The first-order valence-electron chi connectivity index (χ1n) is 9.33. The van der Waals surface area contributed by atoms with Gasteiger partial charge in [-0.3, -0.25) is 4.79 Å². The molecular weight excluding hydrogens is 380 g/mol. The molecule has 0 radical (unpaired) electrons. The molecule has 0 unspecified atom stereocenters. The molecule has 2 aliphatic rings. The number of amides is 1. The lowest BCUT2D eigenvalue weighted by Crippen LogP contribution is -2.48. The van der Waals surface area contributed by atoms with Gasteiger partial charge >= 0.3 is 0 Å². The van der Waals surface area contributed by atoms with Crippen LogP contribution < -0.4 is 19.1 Å². The van der Waals surface area contributed by atoms with E-state index in [-0.39, 0.29) is 5.91 Å². The highest BCUT2D eigenvalue weighted by Crippen LogP contribution is 2.40. The van der Waals surface area contributed by atoms with Crippen molar-refractivity contribution in [1.29, 1.82) is 0 Å². The average Bonchev–Trinajstić information content (AvgIpc) is 2.93. The Balaban J connectivity index is 1.64. The molecule has 0 saturated carbocycles. The van der Waals surface area contributed by atoms with Gasteiger partial charge in [0.15, 0.2) is 17.6 Å². The number of halogens is 1. The quantitative estimate of drug-likeness (QED) is 0.788. The smallest absolute Gasteiger partial charge is 0.265 e. The van der Waals surface area contributed by atoms with Gasteiger partial charge in [0.25, 0.3) is 5.91 Å². The number of likely N-dealkylation sites (N-methyl/N-ethyl adjacent to an activating group) is 1. The Hall–Kier alpha value is -2.60. The standard InChI is InChI=1S/C21H23ClN2O4/c1-23(2)21(25)19-13-24(16-6-3-4-7-17(16)28-19)12-14-10-15(22)20-18(11-14)26-8-5-9-27-20/h3-4,6-7,10-11,19H,5,8-9,12-13H2,1-2H3/t19-/m0/s1. The van der Waals surface area contributed by atoms with E-state index in [4.69, 9.17) is 25.8 Å². The number of para-hydroxylation sites is 2. The van der Waals surface area contributed by atoms with Gasteiger partial charge in [0.1, 0.15) is 5.75 Å². The van der Waals surface area contributed by atoms with Crippen molar-refractivity contribution in [1.82, 2.24) is 4.90 Å². The van der Waals surface area contributed by atoms with Crippen molar-refractivity contribution in [2.45, 2.75) is 19.1 Å². The summed E-state index contributed by atoms with van der Waals surface area (Å²) in [6.45, 7) is 2.23. The number of anilines is 1. The number of rotatable bonds is 3. The normalized spacial score (nSPS) is 18.0. The van der Waals surface area contributed by atoms with Gasteiger partial charge in [-0.25, -0.2) is 0 Å². The van der Waals surface area contributed by atoms with Gasteiger partial charge in [-0.15, -0.1) is 0 Å². The predicted octanol–water partition coefficient (Wildman–Crippen LogP) is 3.36. The van der Waals surface area contributed by atoms with Crippen molar-refractivity contribution in [2.24, 2.45) is 0 Å². The topological polar surface area (TPSA) is 51.2 Å². The Labute approximate surface area is 169 Å². The minimum absolute atomic E-state index is 0.0591. The van der Waals surface area contributed by atoms with Crippen LogP contribution in [0.3, 0.4) is 0 Å². The van der Waals surface area contributed by atoms with Crippen LogP contribution in [0.2, 0.25) is 5.02 Å². The van der Waals surface area contributed by atoms with Crippen LogP contribution in [-0.4, -0.2) is 50.8 Å². The molecule has 2 aromatic carbocycles. The highest BCUT2D eigenvalue weighted by atomic mass is 35.5. The summed E-state index contributed by atoms with van der Waals surface area (Å²) in [6, 6.07) is 11.6. The molecular formula is C21H23ClN2O4. The van der Waals surface area contributed by atoms with Crippen molar-refractivity contribution >= 4 is 23.2 Å². The largest absolute Gasteiger partial charge is 0.489 e. The molecule has 1 amide bonds. The van der Waals surface area contributed by atoms with Crippen molar-refractivity contribution in [3.05, 3.63) is 47.0 Å². The number of carbonyl (C=O) groups is 1. The van der Waals surface area contributed by atoms with Gasteiger partial charge in [-0.05, 0) is 29.8 Å². The fourth-order valence-electron chi connectivity index (χ4n) is 3.47. The zero-order chi connectivity index (χ0) is 19.7. The van der Waals surface area contributed by atoms with Crippen LogP contribution in [-0.2, 0) is 11.3 Å². The van der Waals surface area contributed by atoms with Crippen LogP contribution in [0.15, 0.2) is 36.4 Å². The summed E-state index contributed by atoms with van der Waals surface area (Å²) in [5.41, 5.74) is 1.94. The predicted molar refractivity (Wildman–Crippen MR) is 108 cm³/mol. The average molecular weight is 403 g/mol. The van der Waals surface area contributed by atoms with E-state index >= 15 is 0 Å². The Bertz CT molecular complexity index is 887. The van der Waals surface area contributed by atoms with Crippen LogP contribution in [0.1, 0.15) is 12.0 Å². The molecule has 28 heavy (non-hydrogen) atoms. The number of carbonyl (C=O) groups excluding carboxylic acids is 1. The van der Waals surface area contributed by atoms with E-state index in [0.717, 1.165) is 17.7 Å². The molecule has 7 heteroatoms. The van der Waals surface area contributed by atoms with Gasteiger partial charge in [0.2, 0.25) is 0 Å². The summed E-state index contributed by atoms with van der Waals surface area (Å²) in [7, 11) is 3.47. The molecule has 2 aliphatic heterocycles. The van der Waals surface area contributed by atoms with Crippen molar-refractivity contribution in [3.8, 4) is 17.2 Å². The molecule has 0 spiro atoms. The lowest BCUT2D eigenvalue weighted by molar-refractivity contribution is -0.136. The van der Waals surface area contributed by atoms with Crippen LogP contribution in [0.25, 0.3) is 0 Å². The summed E-state index contributed by atoms with van der Waals surface area (Å²) >= 11 is 6.45. The molecule has 0 bridgehead atoms. The Morgan fingerprint density at radius 3 is 2.79 bits per heavy atom. The van der Waals surface area contributed by atoms with Crippen LogP contribution >= 0.6 is 11.6 Å². The third-order valence-electron chi connectivity index (χ3n) is 4.81. The summed E-state index contributed by atoms with van der Waals surface area (Å²) < 4.78 is 17.5. The number of ether oxygens (including phenoxy) is 3. The lowest BCUT2D eigenvalue weighted by Gasteiger charge is -2.36. The van der Waals surface area contributed by atoms with Gasteiger partial charge < -0.3 is 24.0 Å². The van der Waals surface area contributed by atoms with Crippen molar-refractivity contribution < 1.29 is 19.0 Å². The van der Waals surface area contributed by atoms with Crippen LogP contribution in [0.4, 0.5) is 5.69 Å². The molecule has 0 aromatic heterocycles. The van der Waals surface area contributed by atoms with E-state index < -0.39 is 6.10 Å². The summed E-state index contributed by atoms with van der Waals surface area (Å²) in [6.07, 6.45) is 0.270. The number of fused-ring (bicyclic) bond motifs is 2. The van der Waals surface area contributed by atoms with E-state index in [1.165, 1.54) is 0 Å². The SMILES string of the molecule is CN(C)C(=O)[C@@H]1CN(Cc2cc(Cl)c3c(c2)OCCCO3)c2ccccc2O1. The summed E-state index contributed by atoms with van der Waals surface area (Å²) in [4.78, 5) is 16.2.